The van der Waals surface area contributed by atoms with Gasteiger partial charge in [0.25, 0.3) is 0 Å². The van der Waals surface area contributed by atoms with Crippen LogP contribution in [0, 0.1) is 5.82 Å². The van der Waals surface area contributed by atoms with Crippen LogP contribution in [0.3, 0.4) is 0 Å². The summed E-state index contributed by atoms with van der Waals surface area (Å²) in [6, 6.07) is 18.8. The Hall–Kier alpha value is -2.27. The first kappa shape index (κ1) is 23.4. The zero-order chi connectivity index (χ0) is 22.2. The van der Waals surface area contributed by atoms with E-state index in [0.717, 1.165) is 18.4 Å². The molecule has 1 N–H and O–H groups in total. The highest BCUT2D eigenvalue weighted by Crippen LogP contribution is 2.34. The van der Waals surface area contributed by atoms with E-state index in [-0.39, 0.29) is 6.61 Å². The van der Waals surface area contributed by atoms with Gasteiger partial charge in [-0.2, -0.15) is 0 Å². The molecule has 0 aliphatic heterocycles. The molecule has 0 saturated heterocycles. The van der Waals surface area contributed by atoms with E-state index in [2.05, 4.69) is 36.5 Å². The lowest BCUT2D eigenvalue weighted by Crippen LogP contribution is -2.26. The van der Waals surface area contributed by atoms with E-state index in [0.29, 0.717) is 39.7 Å². The molecule has 3 rings (SSSR count). The maximum absolute atomic E-state index is 14.0. The Morgan fingerprint density at radius 3 is 2.45 bits per heavy atom. The minimum absolute atomic E-state index is 0.0215. The number of hydrogen-bond donors (Lipinski definition) is 1. The largest absolute Gasteiger partial charge is 0.493 e. The monoisotopic (exact) mass is 461 g/mol. The Bertz CT molecular complexity index is 978. The van der Waals surface area contributed by atoms with E-state index in [1.807, 2.05) is 12.1 Å². The highest BCUT2D eigenvalue weighted by Gasteiger charge is 2.14. The molecular weight excluding hydrogens is 436 g/mol. The third-order valence-corrected chi connectivity index (χ3v) is 5.82. The molecule has 0 aromatic heterocycles. The van der Waals surface area contributed by atoms with Gasteiger partial charge in [-0.05, 0) is 49.1 Å². The van der Waals surface area contributed by atoms with E-state index in [1.54, 1.807) is 25.3 Å². The molecule has 0 fully saturated rings. The molecule has 0 radical (unpaired) electrons. The summed E-state index contributed by atoms with van der Waals surface area (Å²) in [5.74, 6) is 0.557. The van der Waals surface area contributed by atoms with Gasteiger partial charge in [-0.15, -0.1) is 0 Å². The summed E-state index contributed by atoms with van der Waals surface area (Å²) in [4.78, 5) is 0. The number of methoxy groups -OCH3 is 1. The quantitative estimate of drug-likeness (QED) is 0.358. The van der Waals surface area contributed by atoms with E-state index < -0.39 is 5.82 Å². The molecule has 0 spiro atoms. The number of halogens is 3. The van der Waals surface area contributed by atoms with Crippen molar-refractivity contribution < 1.29 is 13.9 Å². The summed E-state index contributed by atoms with van der Waals surface area (Å²) >= 11 is 12.6. The van der Waals surface area contributed by atoms with Crippen molar-refractivity contribution in [2.45, 2.75) is 39.0 Å². The van der Waals surface area contributed by atoms with Crippen LogP contribution in [0.15, 0.2) is 60.7 Å². The maximum atomic E-state index is 14.0. The van der Waals surface area contributed by atoms with Crippen molar-refractivity contribution in [1.82, 2.24) is 5.32 Å². The molecule has 1 unspecified atom stereocenters. The molecule has 0 aliphatic rings. The second kappa shape index (κ2) is 11.4. The predicted molar refractivity (Wildman–Crippen MR) is 125 cm³/mol. The second-order valence-corrected chi connectivity index (χ2v) is 8.20. The van der Waals surface area contributed by atoms with Crippen molar-refractivity contribution in [3.8, 4) is 11.5 Å². The fourth-order valence-corrected chi connectivity index (χ4v) is 3.66. The molecule has 3 aromatic rings. The van der Waals surface area contributed by atoms with E-state index in [9.17, 15) is 4.39 Å². The second-order valence-electron chi connectivity index (χ2n) is 7.39. The molecule has 164 valence electrons. The number of aryl methyl sites for hydroxylation is 1. The lowest BCUT2D eigenvalue weighted by atomic mass is 10.1. The first-order valence-electron chi connectivity index (χ1n) is 10.2. The maximum Gasteiger partial charge on any atom is 0.163 e. The first-order valence-corrected chi connectivity index (χ1v) is 10.9. The highest BCUT2D eigenvalue weighted by atomic mass is 35.5. The van der Waals surface area contributed by atoms with Gasteiger partial charge in [-0.1, -0.05) is 59.6 Å². The molecule has 0 saturated carbocycles. The van der Waals surface area contributed by atoms with Crippen LogP contribution in [0.4, 0.5) is 4.39 Å². The van der Waals surface area contributed by atoms with Crippen LogP contribution in [0.5, 0.6) is 11.5 Å². The third kappa shape index (κ3) is 6.60. The molecule has 0 bridgehead atoms. The summed E-state index contributed by atoms with van der Waals surface area (Å²) < 4.78 is 25.2. The number of nitrogens with one attached hydrogen (secondary N) is 1. The van der Waals surface area contributed by atoms with Gasteiger partial charge in [-0.25, -0.2) is 4.39 Å². The van der Waals surface area contributed by atoms with Crippen LogP contribution in [-0.4, -0.2) is 13.2 Å². The number of ether oxygens (including phenoxy) is 2. The predicted octanol–water partition coefficient (Wildman–Crippen LogP) is 6.83. The van der Waals surface area contributed by atoms with Gasteiger partial charge >= 0.3 is 0 Å². The van der Waals surface area contributed by atoms with Crippen LogP contribution < -0.4 is 14.8 Å². The summed E-state index contributed by atoms with van der Waals surface area (Å²) in [6.07, 6.45) is 2.03. The Balaban J connectivity index is 1.60. The molecular formula is C25H26Cl2FNO2. The Morgan fingerprint density at radius 2 is 1.74 bits per heavy atom. The number of rotatable bonds is 10. The van der Waals surface area contributed by atoms with Gasteiger partial charge < -0.3 is 14.8 Å². The molecule has 3 aromatic carbocycles. The Labute approximate surface area is 193 Å². The molecule has 0 amide bonds. The van der Waals surface area contributed by atoms with Gasteiger partial charge in [0.1, 0.15) is 12.4 Å². The lowest BCUT2D eigenvalue weighted by molar-refractivity contribution is 0.279. The highest BCUT2D eigenvalue weighted by molar-refractivity contribution is 6.31. The summed E-state index contributed by atoms with van der Waals surface area (Å²) in [5.41, 5.74) is 2.52. The Morgan fingerprint density at radius 1 is 0.968 bits per heavy atom. The average Bonchev–Trinajstić information content (AvgIpc) is 2.77. The van der Waals surface area contributed by atoms with Crippen molar-refractivity contribution in [3.05, 3.63) is 93.2 Å². The zero-order valence-corrected chi connectivity index (χ0v) is 19.1. The SMILES string of the molecule is COc1cc(CNC(C)CCc2ccccc2)c(Cl)cc1OCc1c(F)cccc1Cl. The van der Waals surface area contributed by atoms with Crippen molar-refractivity contribution in [2.75, 3.05) is 7.11 Å². The van der Waals surface area contributed by atoms with Crippen molar-refractivity contribution >= 4 is 23.2 Å². The zero-order valence-electron chi connectivity index (χ0n) is 17.6. The van der Waals surface area contributed by atoms with Gasteiger partial charge in [0.15, 0.2) is 11.5 Å². The smallest absolute Gasteiger partial charge is 0.163 e. The molecule has 0 aliphatic carbocycles. The van der Waals surface area contributed by atoms with E-state index >= 15 is 0 Å². The lowest BCUT2D eigenvalue weighted by Gasteiger charge is -2.17. The minimum Gasteiger partial charge on any atom is -0.493 e. The van der Waals surface area contributed by atoms with Gasteiger partial charge in [0, 0.05) is 29.2 Å². The van der Waals surface area contributed by atoms with Crippen LogP contribution in [0.1, 0.15) is 30.0 Å². The minimum atomic E-state index is -0.414. The topological polar surface area (TPSA) is 30.5 Å². The van der Waals surface area contributed by atoms with E-state index in [1.165, 1.54) is 11.6 Å². The van der Waals surface area contributed by atoms with E-state index in [4.69, 9.17) is 32.7 Å². The molecule has 31 heavy (non-hydrogen) atoms. The number of hydrogen-bond acceptors (Lipinski definition) is 3. The number of benzene rings is 3. The van der Waals surface area contributed by atoms with Crippen LogP contribution in [0.2, 0.25) is 10.0 Å². The van der Waals surface area contributed by atoms with Crippen molar-refractivity contribution in [1.29, 1.82) is 0 Å². The van der Waals surface area contributed by atoms with Crippen molar-refractivity contribution in [3.63, 3.8) is 0 Å². The average molecular weight is 462 g/mol. The molecule has 1 atom stereocenters. The summed E-state index contributed by atoms with van der Waals surface area (Å²) in [6.45, 7) is 2.74. The third-order valence-electron chi connectivity index (χ3n) is 5.12. The summed E-state index contributed by atoms with van der Waals surface area (Å²) in [7, 11) is 1.56. The molecule has 0 heterocycles. The van der Waals surface area contributed by atoms with Gasteiger partial charge in [-0.3, -0.25) is 0 Å². The van der Waals surface area contributed by atoms with Crippen LogP contribution in [0.25, 0.3) is 0 Å². The van der Waals surface area contributed by atoms with Gasteiger partial charge in [0.05, 0.1) is 12.1 Å². The molecule has 3 nitrogen and oxygen atoms in total. The first-order chi connectivity index (χ1) is 15.0. The fourth-order valence-electron chi connectivity index (χ4n) is 3.22. The van der Waals surface area contributed by atoms with Gasteiger partial charge in [0.2, 0.25) is 0 Å². The summed E-state index contributed by atoms with van der Waals surface area (Å²) in [5, 5.41) is 4.37. The standard InChI is InChI=1S/C25H26Cl2FNO2/c1-17(11-12-18-7-4-3-5-8-18)29-15-19-13-24(30-2)25(14-22(19)27)31-16-20-21(26)9-6-10-23(20)28/h3-10,13-14,17,29H,11-12,15-16H2,1-2H3. The van der Waals surface area contributed by atoms with Crippen LogP contribution in [-0.2, 0) is 19.6 Å². The fraction of sp³-hybridized carbons (Fsp3) is 0.280. The van der Waals surface area contributed by atoms with Crippen LogP contribution >= 0.6 is 23.2 Å². The normalized spacial score (nSPS) is 11.9. The van der Waals surface area contributed by atoms with Crippen molar-refractivity contribution in [2.24, 2.45) is 0 Å². The molecule has 6 heteroatoms. The Kier molecular flexibility index (Phi) is 8.59.